The van der Waals surface area contributed by atoms with Gasteiger partial charge in [0.1, 0.15) is 11.3 Å². The molecule has 290 valence electrons. The number of hydrogen-bond donors (Lipinski definition) is 0. The minimum absolute atomic E-state index is 0.0158. The smallest absolute Gasteiger partial charge is 0.160 e. The van der Waals surface area contributed by atoms with Crippen LogP contribution in [-0.2, 0) is 16.2 Å². The quantitative estimate of drug-likeness (QED) is 0.162. The molecular formula is C55H53NO2. The van der Waals surface area contributed by atoms with E-state index in [9.17, 15) is 0 Å². The summed E-state index contributed by atoms with van der Waals surface area (Å²) in [5.41, 5.74) is 15.0. The summed E-state index contributed by atoms with van der Waals surface area (Å²) in [5.74, 6) is 0.925. The molecule has 1 aliphatic rings. The highest BCUT2D eigenvalue weighted by Crippen LogP contribution is 2.63. The van der Waals surface area contributed by atoms with Crippen LogP contribution in [-0.4, -0.2) is 6.10 Å². The van der Waals surface area contributed by atoms with Gasteiger partial charge in [0.05, 0.1) is 17.2 Å². The third-order valence-electron chi connectivity index (χ3n) is 12.0. The minimum Gasteiger partial charge on any atom is -0.490 e. The molecule has 0 N–H and O–H groups in total. The van der Waals surface area contributed by atoms with Crippen molar-refractivity contribution in [3.8, 4) is 16.9 Å². The molecule has 0 spiro atoms. The van der Waals surface area contributed by atoms with E-state index in [-0.39, 0.29) is 16.9 Å². The molecule has 0 aliphatic heterocycles. The molecule has 3 heteroatoms. The summed E-state index contributed by atoms with van der Waals surface area (Å²) in [6.07, 6.45) is -0.0180. The summed E-state index contributed by atoms with van der Waals surface area (Å²) in [6.45, 7) is 20.0. The highest BCUT2D eigenvalue weighted by molar-refractivity contribution is 6.20. The summed E-state index contributed by atoms with van der Waals surface area (Å²) < 4.78 is 14.1. The van der Waals surface area contributed by atoms with Gasteiger partial charge >= 0.3 is 0 Å². The Labute approximate surface area is 343 Å². The van der Waals surface area contributed by atoms with Crippen LogP contribution in [0.25, 0.3) is 33.1 Å². The van der Waals surface area contributed by atoms with Gasteiger partial charge in [0.15, 0.2) is 5.58 Å². The second-order valence-electron chi connectivity index (χ2n) is 18.3. The maximum absolute atomic E-state index is 7.15. The molecule has 58 heavy (non-hydrogen) atoms. The summed E-state index contributed by atoms with van der Waals surface area (Å²) in [7, 11) is 0. The van der Waals surface area contributed by atoms with E-state index in [0.717, 1.165) is 61.4 Å². The zero-order valence-corrected chi connectivity index (χ0v) is 35.3. The Morgan fingerprint density at radius 1 is 0.569 bits per heavy atom. The second kappa shape index (κ2) is 13.8. The van der Waals surface area contributed by atoms with Crippen molar-refractivity contribution in [2.75, 3.05) is 4.90 Å². The van der Waals surface area contributed by atoms with Crippen LogP contribution in [0.1, 0.15) is 94.3 Å². The molecule has 0 unspecified atom stereocenters. The van der Waals surface area contributed by atoms with Crippen LogP contribution in [0.15, 0.2) is 156 Å². The van der Waals surface area contributed by atoms with E-state index in [1.807, 2.05) is 0 Å². The number of fused-ring (bicyclic) bond motifs is 7. The van der Waals surface area contributed by atoms with Gasteiger partial charge in [0.2, 0.25) is 0 Å². The fraction of sp³-hybridized carbons (Fsp3) is 0.236. The van der Waals surface area contributed by atoms with E-state index in [2.05, 4.69) is 219 Å². The number of rotatable bonds is 7. The zero-order valence-electron chi connectivity index (χ0n) is 35.3. The van der Waals surface area contributed by atoms with Crippen LogP contribution < -0.4 is 9.64 Å². The van der Waals surface area contributed by atoms with E-state index >= 15 is 0 Å². The van der Waals surface area contributed by atoms with Gasteiger partial charge in [-0.05, 0) is 107 Å². The Morgan fingerprint density at radius 3 is 1.60 bits per heavy atom. The Balaban J connectivity index is 1.48. The molecule has 9 rings (SSSR count). The van der Waals surface area contributed by atoms with Crippen LogP contribution in [0.3, 0.4) is 0 Å². The third kappa shape index (κ3) is 5.94. The van der Waals surface area contributed by atoms with Gasteiger partial charge in [-0.25, -0.2) is 0 Å². The van der Waals surface area contributed by atoms with Crippen molar-refractivity contribution in [1.82, 2.24) is 0 Å². The van der Waals surface area contributed by atoms with Gasteiger partial charge in [-0.15, -0.1) is 0 Å². The highest BCUT2D eigenvalue weighted by Gasteiger charge is 2.49. The second-order valence-corrected chi connectivity index (χ2v) is 18.3. The first-order chi connectivity index (χ1) is 27.8. The van der Waals surface area contributed by atoms with Crippen molar-refractivity contribution in [3.63, 3.8) is 0 Å². The highest BCUT2D eigenvalue weighted by atomic mass is 16.5. The lowest BCUT2D eigenvalue weighted by Crippen LogP contribution is -2.29. The molecule has 1 aliphatic carbocycles. The van der Waals surface area contributed by atoms with E-state index in [1.165, 1.54) is 33.4 Å². The number of hydrogen-bond acceptors (Lipinski definition) is 3. The number of benzene rings is 7. The topological polar surface area (TPSA) is 25.6 Å². The molecule has 0 radical (unpaired) electrons. The van der Waals surface area contributed by atoms with E-state index < -0.39 is 5.41 Å². The maximum atomic E-state index is 7.15. The summed E-state index contributed by atoms with van der Waals surface area (Å²) >= 11 is 0. The molecule has 0 fully saturated rings. The molecule has 3 nitrogen and oxygen atoms in total. The average molecular weight is 760 g/mol. The molecule has 0 saturated heterocycles. The maximum Gasteiger partial charge on any atom is 0.160 e. The monoisotopic (exact) mass is 759 g/mol. The Hall–Kier alpha value is -6.06. The molecular weight excluding hydrogens is 707 g/mol. The van der Waals surface area contributed by atoms with Crippen molar-refractivity contribution in [1.29, 1.82) is 0 Å². The average Bonchev–Trinajstić information content (AvgIpc) is 3.74. The molecule has 8 aromatic rings. The van der Waals surface area contributed by atoms with Crippen LogP contribution in [0, 0.1) is 6.92 Å². The zero-order chi connectivity index (χ0) is 40.6. The van der Waals surface area contributed by atoms with E-state index in [4.69, 9.17) is 9.15 Å². The van der Waals surface area contributed by atoms with E-state index in [1.54, 1.807) is 0 Å². The Bertz CT molecular complexity index is 2680. The first-order valence-corrected chi connectivity index (χ1v) is 20.7. The van der Waals surface area contributed by atoms with Crippen molar-refractivity contribution in [2.45, 2.75) is 84.7 Å². The van der Waals surface area contributed by atoms with Gasteiger partial charge in [0.25, 0.3) is 0 Å². The number of furan rings is 1. The lowest BCUT2D eigenvalue weighted by molar-refractivity contribution is 0.242. The molecule has 0 amide bonds. The third-order valence-corrected chi connectivity index (χ3v) is 12.0. The van der Waals surface area contributed by atoms with Gasteiger partial charge in [-0.3, -0.25) is 0 Å². The normalized spacial score (nSPS) is 13.6. The predicted molar refractivity (Wildman–Crippen MR) is 244 cm³/mol. The lowest BCUT2D eigenvalue weighted by atomic mass is 9.67. The summed E-state index contributed by atoms with van der Waals surface area (Å²) in [4.78, 5) is 2.41. The lowest BCUT2D eigenvalue weighted by Gasteiger charge is -2.35. The first-order valence-electron chi connectivity index (χ1n) is 20.7. The van der Waals surface area contributed by atoms with E-state index in [0.29, 0.717) is 0 Å². The van der Waals surface area contributed by atoms with Gasteiger partial charge < -0.3 is 14.1 Å². The van der Waals surface area contributed by atoms with Crippen molar-refractivity contribution >= 4 is 39.0 Å². The molecule has 1 aromatic heterocycles. The van der Waals surface area contributed by atoms with Gasteiger partial charge in [-0.1, -0.05) is 157 Å². The number of nitrogens with zero attached hydrogens (tertiary/aromatic N) is 1. The Morgan fingerprint density at radius 2 is 1.09 bits per heavy atom. The minimum atomic E-state index is -0.671. The number of para-hydroxylation sites is 1. The molecule has 1 heterocycles. The number of anilines is 3. The van der Waals surface area contributed by atoms with Crippen LogP contribution >= 0.6 is 0 Å². The SMILES string of the molecule is Cc1ccc2c(c1OC(C)C)-c1c(cc(N(c3ccc(C(C)(C)C)cc3)c3ccc(C(C)(C)C)cc3)c3oc4ccccc4c13)C2(c1ccccc1)c1ccccc1. The van der Waals surface area contributed by atoms with Gasteiger partial charge in [0, 0.05) is 33.3 Å². The predicted octanol–water partition coefficient (Wildman–Crippen LogP) is 15.1. The van der Waals surface area contributed by atoms with Gasteiger partial charge in [-0.2, -0.15) is 0 Å². The summed E-state index contributed by atoms with van der Waals surface area (Å²) in [6, 6.07) is 55.8. The largest absolute Gasteiger partial charge is 0.490 e. The summed E-state index contributed by atoms with van der Waals surface area (Å²) in [5, 5.41) is 2.18. The molecule has 0 bridgehead atoms. The standard InChI is InChI=1S/C55H53NO2/c1-35(2)57-51-36(3)24-33-44-50(51)49-45(55(44,39-18-12-10-13-19-39)40-20-14-11-15-21-40)34-46(52-48(49)43-22-16-17-23-47(43)58-52)56(41-29-25-37(26-30-41)53(4,5)6)42-31-27-38(28-32-42)54(7,8)9/h10-35H,1-9H3. The fourth-order valence-corrected chi connectivity index (χ4v) is 9.20. The van der Waals surface area contributed by atoms with Crippen molar-refractivity contribution < 1.29 is 9.15 Å². The van der Waals surface area contributed by atoms with Crippen molar-refractivity contribution in [2.24, 2.45) is 0 Å². The molecule has 0 atom stereocenters. The molecule has 7 aromatic carbocycles. The molecule has 0 saturated carbocycles. The van der Waals surface area contributed by atoms with Crippen molar-refractivity contribution in [3.05, 3.63) is 191 Å². The van der Waals surface area contributed by atoms with Crippen LogP contribution in [0.2, 0.25) is 0 Å². The first kappa shape index (κ1) is 37.5. The van der Waals surface area contributed by atoms with Crippen LogP contribution in [0.4, 0.5) is 17.1 Å². The fourth-order valence-electron chi connectivity index (χ4n) is 9.20. The van der Waals surface area contributed by atoms with Crippen LogP contribution in [0.5, 0.6) is 5.75 Å². The number of ether oxygens (including phenoxy) is 1. The Kier molecular flexibility index (Phi) is 8.93. The number of aryl methyl sites for hydroxylation is 1.